The second-order valence-corrected chi connectivity index (χ2v) is 8.54. The molecule has 172 valence electrons. The van der Waals surface area contributed by atoms with Crippen LogP contribution in [0.15, 0.2) is 72.9 Å². The first kappa shape index (κ1) is 22.8. The smallest absolute Gasteiger partial charge is 0.253 e. The molecule has 5 nitrogen and oxygen atoms in total. The van der Waals surface area contributed by atoms with E-state index in [0.29, 0.717) is 13.1 Å². The van der Waals surface area contributed by atoms with E-state index in [9.17, 15) is 4.79 Å². The number of nitrogens with zero attached hydrogens (tertiary/aromatic N) is 3. The van der Waals surface area contributed by atoms with Crippen molar-refractivity contribution in [1.29, 1.82) is 0 Å². The summed E-state index contributed by atoms with van der Waals surface area (Å²) in [7, 11) is 1.71. The second-order valence-electron chi connectivity index (χ2n) is 8.54. The molecule has 1 aliphatic heterocycles. The summed E-state index contributed by atoms with van der Waals surface area (Å²) in [4.78, 5) is 21.6. The standard InChI is InChI=1S/C28H33N3O2/c1-4-30(5-2)27(32)22-12-14-23(15-13-22)28(24-9-8-10-25(21-24)33-3)16-19-31(20-17-28)26-11-6-7-18-29-26/h6-15,18,21H,4-5,16-17,19-20H2,1-3H3. The van der Waals surface area contributed by atoms with Crippen molar-refractivity contribution >= 4 is 11.7 Å². The van der Waals surface area contributed by atoms with Crippen molar-refractivity contribution in [1.82, 2.24) is 9.88 Å². The van der Waals surface area contributed by atoms with E-state index in [1.807, 2.05) is 55.3 Å². The number of anilines is 1. The number of ether oxygens (including phenoxy) is 1. The van der Waals surface area contributed by atoms with Gasteiger partial charge in [-0.25, -0.2) is 4.98 Å². The van der Waals surface area contributed by atoms with Gasteiger partial charge in [-0.1, -0.05) is 30.3 Å². The highest BCUT2D eigenvalue weighted by Gasteiger charge is 2.38. The molecule has 0 atom stereocenters. The Kier molecular flexibility index (Phi) is 6.97. The summed E-state index contributed by atoms with van der Waals surface area (Å²) in [6.45, 7) is 7.29. The van der Waals surface area contributed by atoms with E-state index in [2.05, 4.69) is 46.3 Å². The van der Waals surface area contributed by atoms with Gasteiger partial charge in [0.1, 0.15) is 11.6 Å². The third-order valence-electron chi connectivity index (χ3n) is 6.95. The number of rotatable bonds is 7. The lowest BCUT2D eigenvalue weighted by atomic mass is 9.68. The molecule has 0 spiro atoms. The van der Waals surface area contributed by atoms with Crippen molar-refractivity contribution in [3.05, 3.63) is 89.6 Å². The molecule has 0 saturated carbocycles. The van der Waals surface area contributed by atoms with Crippen LogP contribution in [-0.4, -0.2) is 49.1 Å². The first-order valence-corrected chi connectivity index (χ1v) is 11.8. The number of carbonyl (C=O) groups excluding carboxylic acids is 1. The lowest BCUT2D eigenvalue weighted by Crippen LogP contribution is -2.43. The summed E-state index contributed by atoms with van der Waals surface area (Å²) < 4.78 is 5.55. The Bertz CT molecular complexity index is 1050. The van der Waals surface area contributed by atoms with Gasteiger partial charge in [0.25, 0.3) is 5.91 Å². The zero-order valence-electron chi connectivity index (χ0n) is 19.8. The largest absolute Gasteiger partial charge is 0.497 e. The summed E-state index contributed by atoms with van der Waals surface area (Å²) in [5.74, 6) is 1.98. The monoisotopic (exact) mass is 443 g/mol. The number of methoxy groups -OCH3 is 1. The van der Waals surface area contributed by atoms with Gasteiger partial charge < -0.3 is 14.5 Å². The number of benzene rings is 2. The van der Waals surface area contributed by atoms with E-state index in [-0.39, 0.29) is 11.3 Å². The number of pyridine rings is 1. The van der Waals surface area contributed by atoms with E-state index in [1.54, 1.807) is 7.11 Å². The number of carbonyl (C=O) groups is 1. The van der Waals surface area contributed by atoms with Crippen LogP contribution in [0.3, 0.4) is 0 Å². The quantitative estimate of drug-likeness (QED) is 0.506. The lowest BCUT2D eigenvalue weighted by Gasteiger charge is -2.43. The van der Waals surface area contributed by atoms with Gasteiger partial charge in [-0.05, 0) is 74.2 Å². The van der Waals surface area contributed by atoms with Crippen LogP contribution in [0.1, 0.15) is 48.2 Å². The Morgan fingerprint density at radius 3 is 2.30 bits per heavy atom. The Labute approximate surface area is 197 Å². The van der Waals surface area contributed by atoms with Crippen molar-refractivity contribution in [2.24, 2.45) is 0 Å². The van der Waals surface area contributed by atoms with E-state index < -0.39 is 0 Å². The molecule has 0 radical (unpaired) electrons. The topological polar surface area (TPSA) is 45.7 Å². The van der Waals surface area contributed by atoms with E-state index in [4.69, 9.17) is 4.74 Å². The van der Waals surface area contributed by atoms with Crippen LogP contribution in [0.4, 0.5) is 5.82 Å². The molecular formula is C28H33N3O2. The van der Waals surface area contributed by atoms with Gasteiger partial charge in [0.15, 0.2) is 0 Å². The molecule has 1 fully saturated rings. The van der Waals surface area contributed by atoms with Gasteiger partial charge in [-0.15, -0.1) is 0 Å². The van der Waals surface area contributed by atoms with Crippen molar-refractivity contribution in [2.45, 2.75) is 32.1 Å². The summed E-state index contributed by atoms with van der Waals surface area (Å²) in [6, 6.07) is 22.8. The fraction of sp³-hybridized carbons (Fsp3) is 0.357. The van der Waals surface area contributed by atoms with Crippen LogP contribution in [0, 0.1) is 0 Å². The maximum Gasteiger partial charge on any atom is 0.253 e. The molecule has 0 unspecified atom stereocenters. The molecule has 2 heterocycles. The van der Waals surface area contributed by atoms with Gasteiger partial charge >= 0.3 is 0 Å². The molecule has 3 aromatic rings. The molecule has 1 saturated heterocycles. The Balaban J connectivity index is 1.68. The van der Waals surface area contributed by atoms with E-state index in [1.165, 1.54) is 11.1 Å². The maximum absolute atomic E-state index is 12.8. The van der Waals surface area contributed by atoms with Crippen molar-refractivity contribution in [3.63, 3.8) is 0 Å². The second kappa shape index (κ2) is 10.1. The van der Waals surface area contributed by atoms with Gasteiger partial charge in [-0.2, -0.15) is 0 Å². The van der Waals surface area contributed by atoms with E-state index in [0.717, 1.165) is 43.1 Å². The number of hydrogen-bond donors (Lipinski definition) is 0. The maximum atomic E-state index is 12.8. The fourth-order valence-electron chi connectivity index (χ4n) is 4.95. The molecule has 33 heavy (non-hydrogen) atoms. The molecule has 5 heteroatoms. The predicted octanol–water partition coefficient (Wildman–Crippen LogP) is 5.16. The van der Waals surface area contributed by atoms with Gasteiger partial charge in [-0.3, -0.25) is 4.79 Å². The Hall–Kier alpha value is -3.34. The third kappa shape index (κ3) is 4.58. The normalized spacial score (nSPS) is 15.2. The van der Waals surface area contributed by atoms with Gasteiger partial charge in [0.2, 0.25) is 0 Å². The van der Waals surface area contributed by atoms with Crippen LogP contribution in [-0.2, 0) is 5.41 Å². The Morgan fingerprint density at radius 2 is 1.70 bits per heavy atom. The Morgan fingerprint density at radius 1 is 0.970 bits per heavy atom. The molecule has 4 rings (SSSR count). The average Bonchev–Trinajstić information content (AvgIpc) is 2.90. The molecule has 2 aromatic carbocycles. The zero-order valence-corrected chi connectivity index (χ0v) is 19.8. The molecule has 0 N–H and O–H groups in total. The minimum Gasteiger partial charge on any atom is -0.497 e. The first-order chi connectivity index (χ1) is 16.1. The van der Waals surface area contributed by atoms with Crippen LogP contribution in [0.2, 0.25) is 0 Å². The third-order valence-corrected chi connectivity index (χ3v) is 6.95. The molecule has 1 aromatic heterocycles. The summed E-state index contributed by atoms with van der Waals surface area (Å²) in [5.41, 5.74) is 3.10. The average molecular weight is 444 g/mol. The first-order valence-electron chi connectivity index (χ1n) is 11.8. The number of hydrogen-bond acceptors (Lipinski definition) is 4. The SMILES string of the molecule is CCN(CC)C(=O)c1ccc(C2(c3cccc(OC)c3)CCN(c3ccccn3)CC2)cc1. The van der Waals surface area contributed by atoms with Crippen molar-refractivity contribution < 1.29 is 9.53 Å². The highest BCUT2D eigenvalue weighted by atomic mass is 16.5. The van der Waals surface area contributed by atoms with Gasteiger partial charge in [0, 0.05) is 43.4 Å². The van der Waals surface area contributed by atoms with Crippen LogP contribution in [0.5, 0.6) is 5.75 Å². The molecule has 0 bridgehead atoms. The zero-order chi connectivity index (χ0) is 23.3. The molecule has 0 aliphatic carbocycles. The number of amides is 1. The minimum absolute atomic E-state index is 0.0898. The number of aromatic nitrogens is 1. The predicted molar refractivity (Wildman–Crippen MR) is 133 cm³/mol. The fourth-order valence-corrected chi connectivity index (χ4v) is 4.95. The number of piperidine rings is 1. The van der Waals surface area contributed by atoms with Crippen LogP contribution < -0.4 is 9.64 Å². The molecular weight excluding hydrogens is 410 g/mol. The van der Waals surface area contributed by atoms with Crippen molar-refractivity contribution in [2.75, 3.05) is 38.2 Å². The van der Waals surface area contributed by atoms with Crippen LogP contribution >= 0.6 is 0 Å². The highest BCUT2D eigenvalue weighted by molar-refractivity contribution is 5.94. The van der Waals surface area contributed by atoms with E-state index >= 15 is 0 Å². The summed E-state index contributed by atoms with van der Waals surface area (Å²) in [5, 5.41) is 0. The van der Waals surface area contributed by atoms with Crippen LogP contribution in [0.25, 0.3) is 0 Å². The highest BCUT2D eigenvalue weighted by Crippen LogP contribution is 2.43. The molecule has 1 amide bonds. The molecule has 1 aliphatic rings. The minimum atomic E-state index is -0.142. The summed E-state index contributed by atoms with van der Waals surface area (Å²) in [6.07, 6.45) is 3.77. The lowest BCUT2D eigenvalue weighted by molar-refractivity contribution is 0.0773. The van der Waals surface area contributed by atoms with Gasteiger partial charge in [0.05, 0.1) is 7.11 Å². The summed E-state index contributed by atoms with van der Waals surface area (Å²) >= 11 is 0. The van der Waals surface area contributed by atoms with Crippen molar-refractivity contribution in [3.8, 4) is 5.75 Å².